The Labute approximate surface area is 132 Å². The molecule has 0 aliphatic carbocycles. The summed E-state index contributed by atoms with van der Waals surface area (Å²) in [4.78, 5) is 0. The first-order valence-corrected chi connectivity index (χ1v) is 7.25. The molecule has 6 heteroatoms. The Bertz CT molecular complexity index is 558. The van der Waals surface area contributed by atoms with Gasteiger partial charge in [-0.05, 0) is 25.1 Å². The van der Waals surface area contributed by atoms with Crippen molar-refractivity contribution in [1.29, 1.82) is 0 Å². The van der Waals surface area contributed by atoms with Gasteiger partial charge in [0.1, 0.15) is 18.1 Å². The maximum absolute atomic E-state index is 6.02. The van der Waals surface area contributed by atoms with Crippen molar-refractivity contribution in [2.24, 2.45) is 0 Å². The van der Waals surface area contributed by atoms with Gasteiger partial charge in [0.15, 0.2) is 0 Å². The van der Waals surface area contributed by atoms with E-state index >= 15 is 0 Å². The lowest BCUT2D eigenvalue weighted by Crippen LogP contribution is -2.24. The van der Waals surface area contributed by atoms with Crippen LogP contribution in [0.1, 0.15) is 18.7 Å². The second-order valence-electron chi connectivity index (χ2n) is 4.24. The van der Waals surface area contributed by atoms with Crippen molar-refractivity contribution in [3.63, 3.8) is 0 Å². The maximum atomic E-state index is 6.02. The van der Waals surface area contributed by atoms with Gasteiger partial charge in [-0.1, -0.05) is 34.8 Å². The molecule has 0 bridgehead atoms. The van der Waals surface area contributed by atoms with Gasteiger partial charge in [0, 0.05) is 12.6 Å². The summed E-state index contributed by atoms with van der Waals surface area (Å²) >= 11 is 17.8. The standard InChI is InChI=1S/C14H14Cl3NO2/c1-9(13-3-2-5-19-13)18-4-6-20-14-8-11(16)10(15)7-12(14)17/h2-3,5,7-9,18H,4,6H2,1H3. The van der Waals surface area contributed by atoms with E-state index in [0.717, 1.165) is 5.76 Å². The summed E-state index contributed by atoms with van der Waals surface area (Å²) in [6.45, 7) is 3.13. The van der Waals surface area contributed by atoms with Crippen LogP contribution < -0.4 is 10.1 Å². The van der Waals surface area contributed by atoms with Crippen LogP contribution in [0.4, 0.5) is 0 Å². The minimum Gasteiger partial charge on any atom is -0.491 e. The number of rotatable bonds is 6. The van der Waals surface area contributed by atoms with Crippen molar-refractivity contribution in [1.82, 2.24) is 5.32 Å². The Morgan fingerprint density at radius 2 is 1.95 bits per heavy atom. The number of benzene rings is 1. The molecule has 2 rings (SSSR count). The molecule has 0 fully saturated rings. The molecule has 1 N–H and O–H groups in total. The number of nitrogens with one attached hydrogen (secondary N) is 1. The van der Waals surface area contributed by atoms with Gasteiger partial charge < -0.3 is 14.5 Å². The molecule has 0 spiro atoms. The second kappa shape index (κ2) is 7.23. The fourth-order valence-electron chi connectivity index (χ4n) is 1.69. The van der Waals surface area contributed by atoms with Gasteiger partial charge in [0.25, 0.3) is 0 Å². The summed E-state index contributed by atoms with van der Waals surface area (Å²) in [5, 5.41) is 4.55. The summed E-state index contributed by atoms with van der Waals surface area (Å²) in [6.07, 6.45) is 1.65. The Morgan fingerprint density at radius 1 is 1.20 bits per heavy atom. The first-order valence-electron chi connectivity index (χ1n) is 6.12. The molecule has 1 atom stereocenters. The molecule has 3 nitrogen and oxygen atoms in total. The van der Waals surface area contributed by atoms with Gasteiger partial charge >= 0.3 is 0 Å². The molecule has 1 aromatic carbocycles. The molecule has 2 aromatic rings. The zero-order valence-corrected chi connectivity index (χ0v) is 13.1. The smallest absolute Gasteiger partial charge is 0.139 e. The van der Waals surface area contributed by atoms with Gasteiger partial charge in [0.05, 0.1) is 27.4 Å². The third kappa shape index (κ3) is 4.06. The van der Waals surface area contributed by atoms with Crippen LogP contribution in [0.2, 0.25) is 15.1 Å². The molecule has 0 radical (unpaired) electrons. The van der Waals surface area contributed by atoms with Gasteiger partial charge in [-0.2, -0.15) is 0 Å². The largest absolute Gasteiger partial charge is 0.491 e. The Balaban J connectivity index is 1.80. The minimum atomic E-state index is 0.123. The van der Waals surface area contributed by atoms with Crippen LogP contribution in [0.3, 0.4) is 0 Å². The normalized spacial score (nSPS) is 12.4. The van der Waals surface area contributed by atoms with Crippen LogP contribution >= 0.6 is 34.8 Å². The van der Waals surface area contributed by atoms with Crippen molar-refractivity contribution in [3.05, 3.63) is 51.4 Å². The minimum absolute atomic E-state index is 0.123. The van der Waals surface area contributed by atoms with Crippen LogP contribution in [0, 0.1) is 0 Å². The quantitative estimate of drug-likeness (QED) is 0.598. The number of hydrogen-bond acceptors (Lipinski definition) is 3. The average Bonchev–Trinajstić information content (AvgIpc) is 2.94. The zero-order valence-electron chi connectivity index (χ0n) is 10.8. The SMILES string of the molecule is CC(NCCOc1cc(Cl)c(Cl)cc1Cl)c1ccco1. The zero-order chi connectivity index (χ0) is 14.5. The van der Waals surface area contributed by atoms with Crippen molar-refractivity contribution in [2.75, 3.05) is 13.2 Å². The first kappa shape index (κ1) is 15.5. The number of hydrogen-bond donors (Lipinski definition) is 1. The molecule has 108 valence electrons. The Morgan fingerprint density at radius 3 is 2.65 bits per heavy atom. The van der Waals surface area contributed by atoms with Crippen LogP contribution in [0.25, 0.3) is 0 Å². The molecule has 0 aliphatic rings. The molecule has 0 saturated heterocycles. The van der Waals surface area contributed by atoms with Crippen LogP contribution in [0.5, 0.6) is 5.75 Å². The highest BCUT2D eigenvalue weighted by Gasteiger charge is 2.09. The fraction of sp³-hybridized carbons (Fsp3) is 0.286. The first-order chi connectivity index (χ1) is 9.58. The Kier molecular flexibility index (Phi) is 5.61. The summed E-state index contributed by atoms with van der Waals surface area (Å²) in [7, 11) is 0. The van der Waals surface area contributed by atoms with E-state index in [1.54, 1.807) is 18.4 Å². The molecular weight excluding hydrogens is 321 g/mol. The van der Waals surface area contributed by atoms with E-state index in [4.69, 9.17) is 44.0 Å². The van der Waals surface area contributed by atoms with Gasteiger partial charge in [-0.3, -0.25) is 0 Å². The summed E-state index contributed by atoms with van der Waals surface area (Å²) < 4.78 is 10.9. The van der Waals surface area contributed by atoms with E-state index in [1.807, 2.05) is 19.1 Å². The van der Waals surface area contributed by atoms with Gasteiger partial charge in [0.2, 0.25) is 0 Å². The van der Waals surface area contributed by atoms with Crippen molar-refractivity contribution in [3.8, 4) is 5.75 Å². The van der Waals surface area contributed by atoms with Crippen molar-refractivity contribution < 1.29 is 9.15 Å². The van der Waals surface area contributed by atoms with Crippen LogP contribution in [-0.4, -0.2) is 13.2 Å². The lowest BCUT2D eigenvalue weighted by Gasteiger charge is -2.13. The number of ether oxygens (including phenoxy) is 1. The van der Waals surface area contributed by atoms with Gasteiger partial charge in [-0.25, -0.2) is 0 Å². The molecule has 1 unspecified atom stereocenters. The third-order valence-corrected chi connectivity index (χ3v) is 3.77. The molecule has 0 saturated carbocycles. The highest BCUT2D eigenvalue weighted by molar-refractivity contribution is 6.43. The highest BCUT2D eigenvalue weighted by Crippen LogP contribution is 2.33. The van der Waals surface area contributed by atoms with Crippen LogP contribution in [-0.2, 0) is 0 Å². The van der Waals surface area contributed by atoms with E-state index in [-0.39, 0.29) is 6.04 Å². The monoisotopic (exact) mass is 333 g/mol. The van der Waals surface area contributed by atoms with Crippen LogP contribution in [0.15, 0.2) is 34.9 Å². The average molecular weight is 335 g/mol. The lowest BCUT2D eigenvalue weighted by atomic mass is 10.2. The lowest BCUT2D eigenvalue weighted by molar-refractivity contribution is 0.302. The molecule has 0 aliphatic heterocycles. The van der Waals surface area contributed by atoms with Gasteiger partial charge in [-0.15, -0.1) is 0 Å². The molecule has 0 amide bonds. The fourth-order valence-corrected chi connectivity index (χ4v) is 2.28. The summed E-state index contributed by atoms with van der Waals surface area (Å²) in [5.41, 5.74) is 0. The van der Waals surface area contributed by atoms with E-state index < -0.39 is 0 Å². The summed E-state index contributed by atoms with van der Waals surface area (Å²) in [5.74, 6) is 1.41. The molecular formula is C14H14Cl3NO2. The Hall–Kier alpha value is -0.870. The van der Waals surface area contributed by atoms with E-state index in [0.29, 0.717) is 34.0 Å². The molecule has 1 aromatic heterocycles. The van der Waals surface area contributed by atoms with Crippen molar-refractivity contribution in [2.45, 2.75) is 13.0 Å². The number of halogens is 3. The number of furan rings is 1. The maximum Gasteiger partial charge on any atom is 0.139 e. The second-order valence-corrected chi connectivity index (χ2v) is 5.46. The topological polar surface area (TPSA) is 34.4 Å². The molecule has 1 heterocycles. The summed E-state index contributed by atoms with van der Waals surface area (Å²) in [6, 6.07) is 7.09. The molecule has 20 heavy (non-hydrogen) atoms. The predicted molar refractivity (Wildman–Crippen MR) is 82.1 cm³/mol. The van der Waals surface area contributed by atoms with E-state index in [9.17, 15) is 0 Å². The van der Waals surface area contributed by atoms with E-state index in [1.165, 1.54) is 0 Å². The highest BCUT2D eigenvalue weighted by atomic mass is 35.5. The third-order valence-electron chi connectivity index (χ3n) is 2.75. The van der Waals surface area contributed by atoms with E-state index in [2.05, 4.69) is 5.32 Å². The van der Waals surface area contributed by atoms with Crippen molar-refractivity contribution >= 4 is 34.8 Å². The predicted octanol–water partition coefficient (Wildman–Crippen LogP) is 4.97.